The number of hydrazine groups is 1. The minimum absolute atomic E-state index is 0.202. The molecule has 5 nitrogen and oxygen atoms in total. The molecule has 0 saturated carbocycles. The molecule has 0 spiro atoms. The van der Waals surface area contributed by atoms with Crippen LogP contribution < -0.4 is 10.9 Å². The Morgan fingerprint density at radius 3 is 2.77 bits per heavy atom. The molecule has 1 saturated heterocycles. The fourth-order valence-electron chi connectivity index (χ4n) is 1.08. The molecule has 0 aromatic heterocycles. The number of amides is 2. The molecule has 5 heteroatoms. The van der Waals surface area contributed by atoms with Crippen LogP contribution in [0.4, 0.5) is 0 Å². The van der Waals surface area contributed by atoms with E-state index in [1.807, 2.05) is 0 Å². The molecule has 2 N–H and O–H groups in total. The van der Waals surface area contributed by atoms with Gasteiger partial charge in [-0.2, -0.15) is 0 Å². The van der Waals surface area contributed by atoms with Crippen molar-refractivity contribution in [2.75, 3.05) is 6.61 Å². The topological polar surface area (TPSA) is 67.4 Å². The summed E-state index contributed by atoms with van der Waals surface area (Å²) in [6, 6.07) is 0. The molecule has 1 aliphatic rings. The van der Waals surface area contributed by atoms with Gasteiger partial charge in [0.25, 0.3) is 5.91 Å². The van der Waals surface area contributed by atoms with Crippen molar-refractivity contribution in [3.05, 3.63) is 0 Å². The molecule has 1 atom stereocenters. The highest BCUT2D eigenvalue weighted by molar-refractivity contribution is 5.84. The normalized spacial score (nSPS) is 21.2. The van der Waals surface area contributed by atoms with Crippen LogP contribution in [0.5, 0.6) is 0 Å². The van der Waals surface area contributed by atoms with E-state index in [0.29, 0.717) is 13.0 Å². The maximum atomic E-state index is 11.2. The first-order chi connectivity index (χ1) is 6.24. The van der Waals surface area contributed by atoms with Crippen LogP contribution in [-0.2, 0) is 14.3 Å². The second kappa shape index (κ2) is 4.81. The zero-order valence-corrected chi connectivity index (χ0v) is 7.63. The smallest absolute Gasteiger partial charge is 0.267 e. The van der Waals surface area contributed by atoms with Crippen molar-refractivity contribution in [2.45, 2.75) is 32.3 Å². The summed E-state index contributed by atoms with van der Waals surface area (Å²) in [5.74, 6) is -0.467. The number of ether oxygens (including phenoxy) is 1. The fraction of sp³-hybridized carbons (Fsp3) is 0.750. The lowest BCUT2D eigenvalue weighted by Gasteiger charge is -2.10. The number of carbonyl (C=O) groups is 2. The largest absolute Gasteiger partial charge is 0.368 e. The van der Waals surface area contributed by atoms with Gasteiger partial charge in [-0.1, -0.05) is 6.92 Å². The third kappa shape index (κ3) is 3.02. The Labute approximate surface area is 76.8 Å². The maximum absolute atomic E-state index is 11.2. The summed E-state index contributed by atoms with van der Waals surface area (Å²) in [5, 5.41) is 0. The van der Waals surface area contributed by atoms with Crippen molar-refractivity contribution in [2.24, 2.45) is 0 Å². The number of rotatable bonds is 2. The lowest BCUT2D eigenvalue weighted by molar-refractivity contribution is -0.134. The van der Waals surface area contributed by atoms with Gasteiger partial charge in [0.15, 0.2) is 0 Å². The van der Waals surface area contributed by atoms with Gasteiger partial charge in [-0.15, -0.1) is 0 Å². The van der Waals surface area contributed by atoms with Crippen LogP contribution in [0.15, 0.2) is 0 Å². The van der Waals surface area contributed by atoms with Crippen molar-refractivity contribution < 1.29 is 14.3 Å². The first-order valence-electron chi connectivity index (χ1n) is 4.44. The van der Waals surface area contributed by atoms with Gasteiger partial charge >= 0.3 is 0 Å². The molecular formula is C8H14N2O3. The highest BCUT2D eigenvalue weighted by Crippen LogP contribution is 2.11. The Kier molecular flexibility index (Phi) is 3.70. The predicted octanol–water partition coefficient (Wildman–Crippen LogP) is -0.277. The van der Waals surface area contributed by atoms with Gasteiger partial charge in [-0.05, 0) is 12.8 Å². The molecule has 0 aromatic rings. The monoisotopic (exact) mass is 186 g/mol. The SMILES string of the molecule is CCC(=O)NNC(=O)C1CCCO1. The maximum Gasteiger partial charge on any atom is 0.267 e. The van der Waals surface area contributed by atoms with Crippen molar-refractivity contribution in [3.63, 3.8) is 0 Å². The van der Waals surface area contributed by atoms with Crippen LogP contribution in [0.1, 0.15) is 26.2 Å². The molecule has 0 radical (unpaired) electrons. The second-order valence-corrected chi connectivity index (χ2v) is 2.89. The molecule has 1 fully saturated rings. The molecule has 0 bridgehead atoms. The molecule has 13 heavy (non-hydrogen) atoms. The number of hydrogen-bond acceptors (Lipinski definition) is 3. The van der Waals surface area contributed by atoms with Crippen LogP contribution in [-0.4, -0.2) is 24.5 Å². The summed E-state index contributed by atoms with van der Waals surface area (Å²) in [6.45, 7) is 2.34. The standard InChI is InChI=1S/C8H14N2O3/c1-2-7(11)9-10-8(12)6-4-3-5-13-6/h6H,2-5H2,1H3,(H,9,11)(H,10,12). The summed E-state index contributed by atoms with van der Waals surface area (Å²) >= 11 is 0. The lowest BCUT2D eigenvalue weighted by atomic mass is 10.2. The van der Waals surface area contributed by atoms with Crippen LogP contribution in [0.2, 0.25) is 0 Å². The van der Waals surface area contributed by atoms with E-state index in [1.165, 1.54) is 0 Å². The van der Waals surface area contributed by atoms with Gasteiger partial charge in [0.05, 0.1) is 0 Å². The van der Waals surface area contributed by atoms with E-state index < -0.39 is 6.10 Å². The van der Waals surface area contributed by atoms with Crippen molar-refractivity contribution in [1.82, 2.24) is 10.9 Å². The Morgan fingerprint density at radius 1 is 1.46 bits per heavy atom. The summed E-state index contributed by atoms with van der Waals surface area (Å²) in [4.78, 5) is 22.0. The molecule has 0 aliphatic carbocycles. The third-order valence-corrected chi connectivity index (χ3v) is 1.87. The number of hydrogen-bond donors (Lipinski definition) is 2. The predicted molar refractivity (Wildman–Crippen MR) is 45.6 cm³/mol. The fourth-order valence-corrected chi connectivity index (χ4v) is 1.08. The van der Waals surface area contributed by atoms with E-state index in [-0.39, 0.29) is 11.8 Å². The van der Waals surface area contributed by atoms with E-state index in [4.69, 9.17) is 4.74 Å². The van der Waals surface area contributed by atoms with Crippen LogP contribution in [0.25, 0.3) is 0 Å². The first-order valence-corrected chi connectivity index (χ1v) is 4.44. The average Bonchev–Trinajstić information content (AvgIpc) is 2.66. The minimum Gasteiger partial charge on any atom is -0.368 e. The summed E-state index contributed by atoms with van der Waals surface area (Å²) in [5.41, 5.74) is 4.60. The van der Waals surface area contributed by atoms with Gasteiger partial charge in [0, 0.05) is 13.0 Å². The van der Waals surface area contributed by atoms with Gasteiger partial charge in [-0.25, -0.2) is 0 Å². The summed E-state index contributed by atoms with van der Waals surface area (Å²) in [7, 11) is 0. The van der Waals surface area contributed by atoms with Crippen molar-refractivity contribution in [3.8, 4) is 0 Å². The highest BCUT2D eigenvalue weighted by Gasteiger charge is 2.23. The molecule has 74 valence electrons. The van der Waals surface area contributed by atoms with E-state index >= 15 is 0 Å². The van der Waals surface area contributed by atoms with Gasteiger partial charge < -0.3 is 4.74 Å². The molecular weight excluding hydrogens is 172 g/mol. The lowest BCUT2D eigenvalue weighted by Crippen LogP contribution is -2.46. The second-order valence-electron chi connectivity index (χ2n) is 2.89. The third-order valence-electron chi connectivity index (χ3n) is 1.87. The molecule has 1 rings (SSSR count). The van der Waals surface area contributed by atoms with Gasteiger partial charge in [0.1, 0.15) is 6.10 Å². The van der Waals surface area contributed by atoms with Crippen molar-refractivity contribution >= 4 is 11.8 Å². The van der Waals surface area contributed by atoms with E-state index in [1.54, 1.807) is 6.92 Å². The first kappa shape index (κ1) is 9.98. The number of nitrogens with one attached hydrogen (secondary N) is 2. The molecule has 0 aromatic carbocycles. The van der Waals surface area contributed by atoms with Crippen molar-refractivity contribution in [1.29, 1.82) is 0 Å². The zero-order chi connectivity index (χ0) is 9.68. The Morgan fingerprint density at radius 2 is 2.23 bits per heavy atom. The Balaban J connectivity index is 2.20. The Hall–Kier alpha value is -1.10. The van der Waals surface area contributed by atoms with E-state index in [2.05, 4.69) is 10.9 Å². The molecule has 1 aliphatic heterocycles. The average molecular weight is 186 g/mol. The molecule has 1 unspecified atom stereocenters. The molecule has 1 heterocycles. The highest BCUT2D eigenvalue weighted by atomic mass is 16.5. The number of carbonyl (C=O) groups excluding carboxylic acids is 2. The minimum atomic E-state index is -0.392. The van der Waals surface area contributed by atoms with E-state index in [9.17, 15) is 9.59 Å². The quantitative estimate of drug-likeness (QED) is 0.583. The van der Waals surface area contributed by atoms with Crippen LogP contribution in [0, 0.1) is 0 Å². The Bertz CT molecular complexity index is 200. The van der Waals surface area contributed by atoms with Crippen LogP contribution in [0.3, 0.4) is 0 Å². The van der Waals surface area contributed by atoms with Crippen LogP contribution >= 0.6 is 0 Å². The molecule has 2 amide bonds. The van der Waals surface area contributed by atoms with E-state index in [0.717, 1.165) is 12.8 Å². The van der Waals surface area contributed by atoms with Gasteiger partial charge in [-0.3, -0.25) is 20.4 Å². The zero-order valence-electron chi connectivity index (χ0n) is 7.63. The van der Waals surface area contributed by atoms with Gasteiger partial charge in [0.2, 0.25) is 5.91 Å². The summed E-state index contributed by atoms with van der Waals surface area (Å²) in [6.07, 6.45) is 1.59. The summed E-state index contributed by atoms with van der Waals surface area (Å²) < 4.78 is 5.12.